The van der Waals surface area contributed by atoms with E-state index in [0.29, 0.717) is 13.0 Å². The van der Waals surface area contributed by atoms with Crippen LogP contribution in [-0.2, 0) is 19.6 Å². The van der Waals surface area contributed by atoms with Crippen LogP contribution >= 0.6 is 0 Å². The maximum Gasteiger partial charge on any atom is 0.339 e. The molecule has 1 heterocycles. The van der Waals surface area contributed by atoms with E-state index in [1.54, 1.807) is 12.1 Å². The molecule has 2 rings (SSSR count). The Kier molecular flexibility index (Phi) is 3.65. The van der Waals surface area contributed by atoms with Crippen molar-refractivity contribution < 1.29 is 22.8 Å². The summed E-state index contributed by atoms with van der Waals surface area (Å²) >= 11 is 0. The second kappa shape index (κ2) is 5.05. The number of ether oxygens (including phenoxy) is 1. The molecule has 1 saturated heterocycles. The van der Waals surface area contributed by atoms with Gasteiger partial charge in [0, 0.05) is 6.54 Å². The van der Waals surface area contributed by atoms with Crippen molar-refractivity contribution in [2.45, 2.75) is 11.3 Å². The van der Waals surface area contributed by atoms with Gasteiger partial charge < -0.3 is 4.74 Å². The first-order valence-corrected chi connectivity index (χ1v) is 6.84. The average molecular weight is 271 g/mol. The van der Waals surface area contributed by atoms with Gasteiger partial charge in [0.1, 0.15) is 0 Å². The van der Waals surface area contributed by atoms with E-state index in [0.717, 1.165) is 4.47 Å². The van der Waals surface area contributed by atoms with Gasteiger partial charge >= 0.3 is 5.97 Å². The van der Waals surface area contributed by atoms with Crippen LogP contribution in [0, 0.1) is 0 Å². The Hall–Kier alpha value is -1.44. The van der Waals surface area contributed by atoms with Crippen LogP contribution < -0.4 is 0 Å². The Balaban J connectivity index is 2.47. The molecule has 0 saturated carbocycles. The molecular formula is C11H13NO5S. The fourth-order valence-corrected chi connectivity index (χ4v) is 3.18. The van der Waals surface area contributed by atoms with E-state index in [1.807, 2.05) is 0 Å². The van der Waals surface area contributed by atoms with Crippen LogP contribution in [0.2, 0.25) is 0 Å². The number of hydrogen-bond acceptors (Lipinski definition) is 5. The number of esters is 1. The summed E-state index contributed by atoms with van der Waals surface area (Å²) in [5, 5.41) is 0. The molecule has 1 aliphatic heterocycles. The summed E-state index contributed by atoms with van der Waals surface area (Å²) in [4.78, 5) is 16.5. The van der Waals surface area contributed by atoms with Crippen molar-refractivity contribution in [1.29, 1.82) is 0 Å². The summed E-state index contributed by atoms with van der Waals surface area (Å²) in [6, 6.07) is 5.91. The predicted octanol–water partition coefficient (Wildman–Crippen LogP) is 0.799. The van der Waals surface area contributed by atoms with Crippen molar-refractivity contribution in [3.63, 3.8) is 0 Å². The van der Waals surface area contributed by atoms with Gasteiger partial charge in [-0.25, -0.2) is 13.2 Å². The Morgan fingerprint density at radius 2 is 2.11 bits per heavy atom. The summed E-state index contributed by atoms with van der Waals surface area (Å²) < 4.78 is 30.0. The standard InChI is InChI=1S/C11H13NO5S/c1-16-11(13)9-5-2-3-6-10(9)18(14,15)12-7-4-8-17-12/h2-3,5-6H,4,7-8H2,1H3. The van der Waals surface area contributed by atoms with E-state index in [4.69, 9.17) is 4.84 Å². The van der Waals surface area contributed by atoms with E-state index in [2.05, 4.69) is 4.74 Å². The molecule has 0 N–H and O–H groups in total. The van der Waals surface area contributed by atoms with Gasteiger partial charge in [-0.05, 0) is 18.6 Å². The molecule has 1 aromatic carbocycles. The topological polar surface area (TPSA) is 72.9 Å². The molecule has 18 heavy (non-hydrogen) atoms. The van der Waals surface area contributed by atoms with Crippen LogP contribution in [0.15, 0.2) is 29.2 Å². The van der Waals surface area contributed by atoms with E-state index in [1.165, 1.54) is 19.2 Å². The van der Waals surface area contributed by atoms with Crippen molar-refractivity contribution >= 4 is 16.0 Å². The molecule has 0 atom stereocenters. The molecule has 0 unspecified atom stereocenters. The quantitative estimate of drug-likeness (QED) is 0.760. The van der Waals surface area contributed by atoms with E-state index < -0.39 is 16.0 Å². The number of sulfonamides is 1. The molecule has 0 bridgehead atoms. The number of carbonyl (C=O) groups excluding carboxylic acids is 1. The highest BCUT2D eigenvalue weighted by molar-refractivity contribution is 7.89. The average Bonchev–Trinajstić information content (AvgIpc) is 2.92. The molecule has 1 fully saturated rings. The summed E-state index contributed by atoms with van der Waals surface area (Å²) in [6.45, 7) is 0.650. The highest BCUT2D eigenvalue weighted by Gasteiger charge is 2.32. The predicted molar refractivity (Wildman–Crippen MR) is 62.2 cm³/mol. The minimum absolute atomic E-state index is 0.00972. The lowest BCUT2D eigenvalue weighted by Gasteiger charge is -2.16. The normalized spacial score (nSPS) is 16.7. The Morgan fingerprint density at radius 1 is 1.39 bits per heavy atom. The zero-order valence-corrected chi connectivity index (χ0v) is 10.6. The molecule has 98 valence electrons. The molecule has 1 aliphatic rings. The second-order valence-electron chi connectivity index (χ2n) is 3.71. The minimum atomic E-state index is -3.81. The van der Waals surface area contributed by atoms with E-state index in [9.17, 15) is 13.2 Å². The molecule has 6 nitrogen and oxygen atoms in total. The zero-order chi connectivity index (χ0) is 13.2. The van der Waals surface area contributed by atoms with Crippen LogP contribution in [0.1, 0.15) is 16.8 Å². The molecule has 1 aromatic rings. The number of benzene rings is 1. The van der Waals surface area contributed by atoms with Crippen LogP contribution in [-0.4, -0.2) is 39.1 Å². The van der Waals surface area contributed by atoms with Gasteiger partial charge in [-0.3, -0.25) is 4.84 Å². The number of hydrogen-bond donors (Lipinski definition) is 0. The highest BCUT2D eigenvalue weighted by Crippen LogP contribution is 2.23. The monoisotopic (exact) mass is 271 g/mol. The molecular weight excluding hydrogens is 258 g/mol. The Morgan fingerprint density at radius 3 is 2.72 bits per heavy atom. The molecule has 7 heteroatoms. The number of rotatable bonds is 3. The third-order valence-corrected chi connectivity index (χ3v) is 4.29. The fraction of sp³-hybridized carbons (Fsp3) is 0.364. The maximum atomic E-state index is 12.3. The van der Waals surface area contributed by atoms with Gasteiger partial charge in [0.2, 0.25) is 0 Å². The number of hydroxylamine groups is 1. The van der Waals surface area contributed by atoms with Gasteiger partial charge in [0.15, 0.2) is 0 Å². The molecule has 0 radical (unpaired) electrons. The largest absolute Gasteiger partial charge is 0.465 e. The van der Waals surface area contributed by atoms with Gasteiger partial charge in [0.25, 0.3) is 10.0 Å². The van der Waals surface area contributed by atoms with Crippen molar-refractivity contribution in [1.82, 2.24) is 4.47 Å². The lowest BCUT2D eigenvalue weighted by molar-refractivity contribution is -0.0285. The summed E-state index contributed by atoms with van der Waals surface area (Å²) in [5.74, 6) is -0.687. The summed E-state index contributed by atoms with van der Waals surface area (Å²) in [7, 11) is -2.61. The van der Waals surface area contributed by atoms with Gasteiger partial charge in [-0.1, -0.05) is 16.6 Å². The smallest absolute Gasteiger partial charge is 0.339 e. The minimum Gasteiger partial charge on any atom is -0.465 e. The van der Waals surface area contributed by atoms with Crippen LogP contribution in [0.25, 0.3) is 0 Å². The highest BCUT2D eigenvalue weighted by atomic mass is 32.2. The Bertz CT molecular complexity index is 548. The maximum absolute atomic E-state index is 12.3. The number of methoxy groups -OCH3 is 1. The van der Waals surface area contributed by atoms with Crippen molar-refractivity contribution in [3.8, 4) is 0 Å². The first kappa shape index (κ1) is 13.0. The SMILES string of the molecule is COC(=O)c1ccccc1S(=O)(=O)N1CCCO1. The molecule has 0 aromatic heterocycles. The number of carbonyl (C=O) groups is 1. The van der Waals surface area contributed by atoms with Gasteiger partial charge in [0.05, 0.1) is 24.2 Å². The van der Waals surface area contributed by atoms with Crippen LogP contribution in [0.5, 0.6) is 0 Å². The molecule has 0 spiro atoms. The lowest BCUT2D eigenvalue weighted by Crippen LogP contribution is -2.28. The number of nitrogens with zero attached hydrogens (tertiary/aromatic N) is 1. The first-order chi connectivity index (χ1) is 8.57. The first-order valence-electron chi connectivity index (χ1n) is 5.40. The summed E-state index contributed by atoms with van der Waals surface area (Å²) in [5.41, 5.74) is 0.00972. The summed E-state index contributed by atoms with van der Waals surface area (Å²) in [6.07, 6.45) is 0.639. The Labute approximate surface area is 105 Å². The van der Waals surface area contributed by atoms with Crippen LogP contribution in [0.3, 0.4) is 0 Å². The third kappa shape index (κ3) is 2.24. The zero-order valence-electron chi connectivity index (χ0n) is 9.83. The molecule has 0 aliphatic carbocycles. The van der Waals surface area contributed by atoms with Crippen molar-refractivity contribution in [2.75, 3.05) is 20.3 Å². The van der Waals surface area contributed by atoms with Crippen LogP contribution in [0.4, 0.5) is 0 Å². The van der Waals surface area contributed by atoms with E-state index in [-0.39, 0.29) is 17.0 Å². The second-order valence-corrected chi connectivity index (χ2v) is 5.50. The van der Waals surface area contributed by atoms with Crippen molar-refractivity contribution in [3.05, 3.63) is 29.8 Å². The third-order valence-electron chi connectivity index (χ3n) is 2.56. The van der Waals surface area contributed by atoms with Gasteiger partial charge in [-0.2, -0.15) is 0 Å². The lowest BCUT2D eigenvalue weighted by atomic mass is 10.2. The molecule has 0 amide bonds. The van der Waals surface area contributed by atoms with Gasteiger partial charge in [-0.15, -0.1) is 0 Å². The van der Waals surface area contributed by atoms with Crippen molar-refractivity contribution in [2.24, 2.45) is 0 Å². The fourth-order valence-electron chi connectivity index (χ4n) is 1.69. The van der Waals surface area contributed by atoms with E-state index >= 15 is 0 Å².